The third-order valence-corrected chi connectivity index (χ3v) is 4.31. The molecule has 0 heterocycles. The lowest BCUT2D eigenvalue weighted by molar-refractivity contribution is 0.0271. The van der Waals surface area contributed by atoms with Crippen LogP contribution in [0.1, 0.15) is 62.6 Å². The molecule has 2 rings (SSSR count). The molecule has 1 aliphatic rings. The van der Waals surface area contributed by atoms with E-state index in [1.807, 2.05) is 12.1 Å². The number of aliphatic hydroxyl groups excluding tert-OH is 1. The number of hydrogen-bond donors (Lipinski definition) is 2. The zero-order valence-electron chi connectivity index (χ0n) is 13.2. The first-order chi connectivity index (χ1) is 10.3. The summed E-state index contributed by atoms with van der Waals surface area (Å²) in [7, 11) is 0. The van der Waals surface area contributed by atoms with Gasteiger partial charge in [0.2, 0.25) is 0 Å². The molecule has 118 valence electrons. The fourth-order valence-corrected chi connectivity index (χ4v) is 2.95. The van der Waals surface area contributed by atoms with Gasteiger partial charge < -0.3 is 15.2 Å². The molecule has 1 fully saturated rings. The molecule has 1 aromatic carbocycles. The predicted octanol–water partition coefficient (Wildman–Crippen LogP) is 3.57. The Labute approximate surface area is 128 Å². The van der Waals surface area contributed by atoms with Crippen LogP contribution in [0.15, 0.2) is 24.3 Å². The minimum Gasteiger partial charge on any atom is -0.392 e. The molecule has 0 radical (unpaired) electrons. The highest BCUT2D eigenvalue weighted by Crippen LogP contribution is 2.20. The SMILES string of the molecule is CC(NCCCOC1CCCCC1)c1cccc(CO)c1. The molecule has 0 aliphatic heterocycles. The first-order valence-corrected chi connectivity index (χ1v) is 8.34. The van der Waals surface area contributed by atoms with E-state index in [4.69, 9.17) is 4.74 Å². The molecule has 0 bridgehead atoms. The van der Waals surface area contributed by atoms with Crippen molar-refractivity contribution in [2.45, 2.75) is 64.2 Å². The molecule has 1 saturated carbocycles. The summed E-state index contributed by atoms with van der Waals surface area (Å²) in [6.45, 7) is 4.10. The maximum Gasteiger partial charge on any atom is 0.0681 e. The fraction of sp³-hybridized carbons (Fsp3) is 0.667. The van der Waals surface area contributed by atoms with Gasteiger partial charge in [-0.25, -0.2) is 0 Å². The molecule has 1 unspecified atom stereocenters. The van der Waals surface area contributed by atoms with E-state index >= 15 is 0 Å². The summed E-state index contributed by atoms with van der Waals surface area (Å²) in [5.41, 5.74) is 2.21. The van der Waals surface area contributed by atoms with Crippen molar-refractivity contribution in [1.82, 2.24) is 5.32 Å². The van der Waals surface area contributed by atoms with Gasteiger partial charge in [0.15, 0.2) is 0 Å². The zero-order valence-corrected chi connectivity index (χ0v) is 13.2. The second-order valence-corrected chi connectivity index (χ2v) is 6.06. The van der Waals surface area contributed by atoms with E-state index in [2.05, 4.69) is 24.4 Å². The van der Waals surface area contributed by atoms with Gasteiger partial charge in [0.1, 0.15) is 0 Å². The van der Waals surface area contributed by atoms with E-state index in [-0.39, 0.29) is 6.61 Å². The lowest BCUT2D eigenvalue weighted by Gasteiger charge is -2.22. The molecule has 0 amide bonds. The minimum absolute atomic E-state index is 0.107. The summed E-state index contributed by atoms with van der Waals surface area (Å²) in [5, 5.41) is 12.7. The van der Waals surface area contributed by atoms with Gasteiger partial charge in [0, 0.05) is 12.6 Å². The Bertz CT molecular complexity index is 402. The second-order valence-electron chi connectivity index (χ2n) is 6.06. The third-order valence-electron chi connectivity index (χ3n) is 4.31. The van der Waals surface area contributed by atoms with Crippen LogP contribution < -0.4 is 5.32 Å². The van der Waals surface area contributed by atoms with Gasteiger partial charge in [-0.15, -0.1) is 0 Å². The number of nitrogens with one attached hydrogen (secondary N) is 1. The van der Waals surface area contributed by atoms with Crippen molar-refractivity contribution in [3.8, 4) is 0 Å². The molecular formula is C18H29NO2. The van der Waals surface area contributed by atoms with E-state index in [0.717, 1.165) is 25.1 Å². The highest BCUT2D eigenvalue weighted by molar-refractivity contribution is 5.25. The summed E-state index contributed by atoms with van der Waals surface area (Å²) >= 11 is 0. The van der Waals surface area contributed by atoms with Crippen molar-refractivity contribution in [2.24, 2.45) is 0 Å². The Morgan fingerprint density at radius 2 is 2.10 bits per heavy atom. The average molecular weight is 291 g/mol. The molecule has 3 nitrogen and oxygen atoms in total. The summed E-state index contributed by atoms with van der Waals surface area (Å²) < 4.78 is 5.93. The maximum atomic E-state index is 9.18. The molecule has 2 N–H and O–H groups in total. The monoisotopic (exact) mass is 291 g/mol. The molecule has 0 aromatic heterocycles. The van der Waals surface area contributed by atoms with E-state index in [0.29, 0.717) is 12.1 Å². The van der Waals surface area contributed by atoms with Crippen molar-refractivity contribution in [3.63, 3.8) is 0 Å². The quantitative estimate of drug-likeness (QED) is 0.719. The van der Waals surface area contributed by atoms with Gasteiger partial charge in [-0.05, 0) is 43.9 Å². The minimum atomic E-state index is 0.107. The van der Waals surface area contributed by atoms with Gasteiger partial charge in [-0.3, -0.25) is 0 Å². The van der Waals surface area contributed by atoms with Crippen molar-refractivity contribution >= 4 is 0 Å². The fourth-order valence-electron chi connectivity index (χ4n) is 2.95. The number of rotatable bonds is 8. The molecule has 0 saturated heterocycles. The average Bonchev–Trinajstić information content (AvgIpc) is 2.55. The standard InChI is InChI=1S/C18H29NO2/c1-15(17-8-5-7-16(13-17)14-20)19-11-6-12-21-18-9-3-2-4-10-18/h5,7-8,13,15,18-20H,2-4,6,9-12,14H2,1H3. The molecule has 1 aliphatic carbocycles. The van der Waals surface area contributed by atoms with Gasteiger partial charge in [-0.2, -0.15) is 0 Å². The van der Waals surface area contributed by atoms with Crippen molar-refractivity contribution in [1.29, 1.82) is 0 Å². The Hall–Kier alpha value is -0.900. The third kappa shape index (κ3) is 5.77. The van der Waals surface area contributed by atoms with Crippen LogP contribution in [0.3, 0.4) is 0 Å². The van der Waals surface area contributed by atoms with Crippen LogP contribution in [0.25, 0.3) is 0 Å². The van der Waals surface area contributed by atoms with Gasteiger partial charge in [-0.1, -0.05) is 43.5 Å². The van der Waals surface area contributed by atoms with Crippen LogP contribution in [0.4, 0.5) is 0 Å². The van der Waals surface area contributed by atoms with Crippen molar-refractivity contribution in [2.75, 3.05) is 13.2 Å². The summed E-state index contributed by atoms with van der Waals surface area (Å²) in [5.74, 6) is 0. The van der Waals surface area contributed by atoms with Crippen LogP contribution in [0, 0.1) is 0 Å². The summed E-state index contributed by atoms with van der Waals surface area (Å²) in [6, 6.07) is 8.44. The molecule has 21 heavy (non-hydrogen) atoms. The summed E-state index contributed by atoms with van der Waals surface area (Å²) in [4.78, 5) is 0. The van der Waals surface area contributed by atoms with Crippen LogP contribution in [-0.4, -0.2) is 24.4 Å². The summed E-state index contributed by atoms with van der Waals surface area (Å²) in [6.07, 6.45) is 8.11. The smallest absolute Gasteiger partial charge is 0.0681 e. The van der Waals surface area contributed by atoms with E-state index in [1.54, 1.807) is 0 Å². The van der Waals surface area contributed by atoms with E-state index < -0.39 is 0 Å². The first-order valence-electron chi connectivity index (χ1n) is 8.34. The topological polar surface area (TPSA) is 41.5 Å². The van der Waals surface area contributed by atoms with E-state index in [1.165, 1.54) is 37.7 Å². The normalized spacial score (nSPS) is 17.8. The lowest BCUT2D eigenvalue weighted by atomic mass is 9.98. The number of aliphatic hydroxyl groups is 1. The molecule has 0 spiro atoms. The number of ether oxygens (including phenoxy) is 1. The maximum absolute atomic E-state index is 9.18. The highest BCUT2D eigenvalue weighted by Gasteiger charge is 2.13. The lowest BCUT2D eigenvalue weighted by Crippen LogP contribution is -2.23. The van der Waals surface area contributed by atoms with Crippen LogP contribution in [0.2, 0.25) is 0 Å². The Morgan fingerprint density at radius 3 is 2.86 bits per heavy atom. The van der Waals surface area contributed by atoms with Crippen molar-refractivity contribution < 1.29 is 9.84 Å². The Morgan fingerprint density at radius 1 is 1.29 bits per heavy atom. The van der Waals surface area contributed by atoms with Gasteiger partial charge >= 0.3 is 0 Å². The molecule has 1 aromatic rings. The zero-order chi connectivity index (χ0) is 14.9. The van der Waals surface area contributed by atoms with Gasteiger partial charge in [0.25, 0.3) is 0 Å². The first kappa shape index (κ1) is 16.5. The van der Waals surface area contributed by atoms with Crippen LogP contribution in [0.5, 0.6) is 0 Å². The van der Waals surface area contributed by atoms with Gasteiger partial charge in [0.05, 0.1) is 12.7 Å². The largest absolute Gasteiger partial charge is 0.392 e. The van der Waals surface area contributed by atoms with Crippen LogP contribution >= 0.6 is 0 Å². The Balaban J connectivity index is 1.61. The number of hydrogen-bond acceptors (Lipinski definition) is 3. The molecule has 1 atom stereocenters. The van der Waals surface area contributed by atoms with E-state index in [9.17, 15) is 5.11 Å². The Kier molecular flexibility index (Phi) is 7.20. The second kappa shape index (κ2) is 9.19. The molecular weight excluding hydrogens is 262 g/mol. The van der Waals surface area contributed by atoms with Crippen molar-refractivity contribution in [3.05, 3.63) is 35.4 Å². The van der Waals surface area contributed by atoms with Crippen LogP contribution in [-0.2, 0) is 11.3 Å². The molecule has 3 heteroatoms. The number of benzene rings is 1. The highest BCUT2D eigenvalue weighted by atomic mass is 16.5. The predicted molar refractivity (Wildman–Crippen MR) is 86.2 cm³/mol.